The maximum Gasteiger partial charge on any atom is 0.168 e. The second-order valence-electron chi connectivity index (χ2n) is 4.79. The minimum atomic E-state index is 0.354. The summed E-state index contributed by atoms with van der Waals surface area (Å²) in [6.07, 6.45) is 8.23. The quantitative estimate of drug-likeness (QED) is 0.937. The number of rotatable bonds is 3. The fraction of sp³-hybridized carbons (Fsp3) is 0.214. The van der Waals surface area contributed by atoms with Crippen LogP contribution in [0.1, 0.15) is 11.3 Å². The van der Waals surface area contributed by atoms with Gasteiger partial charge in [0.15, 0.2) is 5.17 Å². The van der Waals surface area contributed by atoms with Crippen molar-refractivity contribution in [2.45, 2.75) is 12.5 Å². The van der Waals surface area contributed by atoms with Crippen LogP contribution in [0, 0.1) is 0 Å². The molecule has 2 aliphatic heterocycles. The molecule has 4 heterocycles. The van der Waals surface area contributed by atoms with E-state index in [4.69, 9.17) is 0 Å². The van der Waals surface area contributed by atoms with Crippen LogP contribution < -0.4 is 0 Å². The van der Waals surface area contributed by atoms with Crippen molar-refractivity contribution in [3.05, 3.63) is 53.7 Å². The SMILES string of the molecule is C1=C(c2cccnc2)N2C(=NC[C@@H]2Cc2cnc[nH]2)S1. The van der Waals surface area contributed by atoms with Crippen molar-refractivity contribution in [3.8, 4) is 0 Å². The van der Waals surface area contributed by atoms with E-state index in [1.807, 2.05) is 18.5 Å². The van der Waals surface area contributed by atoms with Crippen LogP contribution in [0.4, 0.5) is 0 Å². The number of nitrogens with one attached hydrogen (secondary N) is 1. The summed E-state index contributed by atoms with van der Waals surface area (Å²) in [5.41, 5.74) is 3.49. The van der Waals surface area contributed by atoms with Gasteiger partial charge in [-0.2, -0.15) is 0 Å². The van der Waals surface area contributed by atoms with Crippen LogP contribution >= 0.6 is 11.8 Å². The molecule has 5 nitrogen and oxygen atoms in total. The van der Waals surface area contributed by atoms with E-state index < -0.39 is 0 Å². The zero-order valence-electron chi connectivity index (χ0n) is 10.7. The molecule has 1 N–H and O–H groups in total. The van der Waals surface area contributed by atoms with E-state index in [1.54, 1.807) is 24.3 Å². The Morgan fingerprint density at radius 1 is 1.35 bits per heavy atom. The van der Waals surface area contributed by atoms with E-state index in [0.29, 0.717) is 6.04 Å². The highest BCUT2D eigenvalue weighted by Crippen LogP contribution is 2.38. The summed E-state index contributed by atoms with van der Waals surface area (Å²) in [4.78, 5) is 18.4. The fourth-order valence-electron chi connectivity index (χ4n) is 2.58. The van der Waals surface area contributed by atoms with Gasteiger partial charge in [-0.3, -0.25) is 9.98 Å². The van der Waals surface area contributed by atoms with Crippen molar-refractivity contribution in [1.82, 2.24) is 19.9 Å². The molecule has 0 saturated carbocycles. The standard InChI is InChI=1S/C14H13N5S/c1-2-10(5-15-3-1)13-8-20-14-17-7-12(19(13)14)4-11-6-16-9-18-11/h1-3,5-6,8-9,12H,4,7H2,(H,16,18)/t12-/m0/s1. The van der Waals surface area contributed by atoms with Crippen LogP contribution in [-0.4, -0.2) is 37.6 Å². The first-order valence-corrected chi connectivity index (χ1v) is 7.38. The molecule has 100 valence electrons. The van der Waals surface area contributed by atoms with Crippen molar-refractivity contribution in [3.63, 3.8) is 0 Å². The predicted octanol–water partition coefficient (Wildman–Crippen LogP) is 2.13. The Balaban J connectivity index is 1.61. The molecular formula is C14H13N5S. The van der Waals surface area contributed by atoms with Gasteiger partial charge in [-0.1, -0.05) is 11.8 Å². The lowest BCUT2D eigenvalue weighted by Crippen LogP contribution is -2.33. The number of hydrogen-bond donors (Lipinski definition) is 1. The van der Waals surface area contributed by atoms with Crippen molar-refractivity contribution in [2.75, 3.05) is 6.54 Å². The first-order valence-electron chi connectivity index (χ1n) is 6.50. The van der Waals surface area contributed by atoms with E-state index in [2.05, 4.69) is 36.3 Å². The zero-order valence-corrected chi connectivity index (χ0v) is 11.5. The smallest absolute Gasteiger partial charge is 0.168 e. The third kappa shape index (κ3) is 1.92. The zero-order chi connectivity index (χ0) is 13.4. The molecule has 2 aliphatic rings. The topological polar surface area (TPSA) is 57.2 Å². The summed E-state index contributed by atoms with van der Waals surface area (Å²) in [6.45, 7) is 0.832. The monoisotopic (exact) mass is 283 g/mol. The van der Waals surface area contributed by atoms with Gasteiger partial charge >= 0.3 is 0 Å². The van der Waals surface area contributed by atoms with E-state index in [9.17, 15) is 0 Å². The Morgan fingerprint density at radius 2 is 2.35 bits per heavy atom. The van der Waals surface area contributed by atoms with E-state index in [-0.39, 0.29) is 0 Å². The molecule has 0 unspecified atom stereocenters. The molecular weight excluding hydrogens is 270 g/mol. The first-order chi connectivity index (χ1) is 9.92. The molecule has 0 saturated heterocycles. The van der Waals surface area contributed by atoms with Crippen LogP contribution in [-0.2, 0) is 6.42 Å². The maximum atomic E-state index is 4.63. The summed E-state index contributed by atoms with van der Waals surface area (Å²) in [5.74, 6) is 0. The molecule has 0 radical (unpaired) electrons. The summed E-state index contributed by atoms with van der Waals surface area (Å²) in [6, 6.07) is 4.41. The lowest BCUT2D eigenvalue weighted by atomic mass is 10.1. The normalized spacial score (nSPS) is 20.8. The third-order valence-electron chi connectivity index (χ3n) is 3.51. The van der Waals surface area contributed by atoms with Crippen molar-refractivity contribution < 1.29 is 0 Å². The molecule has 2 aromatic rings. The number of nitrogens with zero attached hydrogens (tertiary/aromatic N) is 4. The molecule has 0 spiro atoms. The van der Waals surface area contributed by atoms with Crippen LogP contribution in [0.15, 0.2) is 47.5 Å². The van der Waals surface area contributed by atoms with Crippen LogP contribution in [0.3, 0.4) is 0 Å². The summed E-state index contributed by atoms with van der Waals surface area (Å²) in [5, 5.41) is 3.25. The number of aliphatic imine (C=N–C) groups is 1. The molecule has 0 bridgehead atoms. The number of amidine groups is 1. The molecule has 20 heavy (non-hydrogen) atoms. The fourth-order valence-corrected chi connectivity index (χ4v) is 3.56. The Morgan fingerprint density at radius 3 is 3.15 bits per heavy atom. The first kappa shape index (κ1) is 11.7. The van der Waals surface area contributed by atoms with Crippen molar-refractivity contribution >= 4 is 22.6 Å². The average molecular weight is 283 g/mol. The highest BCUT2D eigenvalue weighted by Gasteiger charge is 2.35. The lowest BCUT2D eigenvalue weighted by Gasteiger charge is -2.25. The minimum Gasteiger partial charge on any atom is -0.348 e. The number of aromatic nitrogens is 3. The Kier molecular flexibility index (Phi) is 2.81. The number of fused-ring (bicyclic) bond motifs is 1. The van der Waals surface area contributed by atoms with Crippen LogP contribution in [0.2, 0.25) is 0 Å². The molecule has 0 aliphatic carbocycles. The summed E-state index contributed by atoms with van der Waals surface area (Å²) in [7, 11) is 0. The number of aromatic amines is 1. The van der Waals surface area contributed by atoms with Gasteiger partial charge in [-0.25, -0.2) is 4.98 Å². The number of H-pyrrole nitrogens is 1. The number of pyridine rings is 1. The second kappa shape index (κ2) is 4.79. The molecule has 4 rings (SSSR count). The minimum absolute atomic E-state index is 0.354. The Labute approximate surface area is 120 Å². The molecule has 6 heteroatoms. The van der Waals surface area contributed by atoms with Crippen LogP contribution in [0.5, 0.6) is 0 Å². The van der Waals surface area contributed by atoms with Gasteiger partial charge in [-0.15, -0.1) is 0 Å². The number of imidazole rings is 1. The van der Waals surface area contributed by atoms with Gasteiger partial charge in [0.2, 0.25) is 0 Å². The van der Waals surface area contributed by atoms with E-state index >= 15 is 0 Å². The Bertz CT molecular complexity index is 662. The van der Waals surface area contributed by atoms with Crippen LogP contribution in [0.25, 0.3) is 5.70 Å². The molecule has 1 atom stereocenters. The average Bonchev–Trinajstić information content (AvgIpc) is 3.19. The summed E-state index contributed by atoms with van der Waals surface area (Å²) < 4.78 is 0. The summed E-state index contributed by atoms with van der Waals surface area (Å²) >= 11 is 1.69. The molecule has 0 fully saturated rings. The predicted molar refractivity (Wildman–Crippen MR) is 80.0 cm³/mol. The van der Waals surface area contributed by atoms with Gasteiger partial charge in [0.25, 0.3) is 0 Å². The number of hydrogen-bond acceptors (Lipinski definition) is 5. The van der Waals surface area contributed by atoms with Crippen molar-refractivity contribution in [2.24, 2.45) is 4.99 Å². The van der Waals surface area contributed by atoms with Gasteiger partial charge in [0, 0.05) is 41.7 Å². The molecule has 2 aromatic heterocycles. The van der Waals surface area contributed by atoms with E-state index in [0.717, 1.165) is 29.4 Å². The van der Waals surface area contributed by atoms with Gasteiger partial charge in [0.1, 0.15) is 0 Å². The van der Waals surface area contributed by atoms with Gasteiger partial charge in [0.05, 0.1) is 24.6 Å². The van der Waals surface area contributed by atoms with Crippen molar-refractivity contribution in [1.29, 1.82) is 0 Å². The van der Waals surface area contributed by atoms with Gasteiger partial charge < -0.3 is 9.88 Å². The van der Waals surface area contributed by atoms with Gasteiger partial charge in [-0.05, 0) is 12.1 Å². The molecule has 0 amide bonds. The van der Waals surface area contributed by atoms with E-state index in [1.165, 1.54) is 5.70 Å². The number of thioether (sulfide) groups is 1. The Hall–Kier alpha value is -2.08. The lowest BCUT2D eigenvalue weighted by molar-refractivity contribution is 0.459. The second-order valence-corrected chi connectivity index (χ2v) is 5.63. The largest absolute Gasteiger partial charge is 0.348 e. The molecule has 0 aromatic carbocycles. The maximum absolute atomic E-state index is 4.63. The third-order valence-corrected chi connectivity index (χ3v) is 4.39. The highest BCUT2D eigenvalue weighted by atomic mass is 32.2. The highest BCUT2D eigenvalue weighted by molar-refractivity contribution is 8.16.